The summed E-state index contributed by atoms with van der Waals surface area (Å²) >= 11 is 6.63. The van der Waals surface area contributed by atoms with Crippen LogP contribution < -0.4 is 0 Å². The third-order valence-electron chi connectivity index (χ3n) is 2.11. The van der Waals surface area contributed by atoms with E-state index < -0.39 is 10.8 Å². The van der Waals surface area contributed by atoms with Crippen molar-refractivity contribution in [2.75, 3.05) is 0 Å². The molecule has 0 aliphatic carbocycles. The maximum atomic E-state index is 11.3. The van der Waals surface area contributed by atoms with Gasteiger partial charge < -0.3 is 5.11 Å². The fraction of sp³-hybridized carbons (Fsp3) is 0.167. The summed E-state index contributed by atoms with van der Waals surface area (Å²) in [5.41, 5.74) is 1.43. The molecule has 1 aromatic rings. The lowest BCUT2D eigenvalue weighted by Gasteiger charge is -2.11. The average molecular weight is 362 g/mol. The fourth-order valence-electron chi connectivity index (χ4n) is 1.32. The minimum atomic E-state index is -1.03. The zero-order valence-electron chi connectivity index (χ0n) is 8.98. The molecule has 3 nitrogen and oxygen atoms in total. The molecule has 5 heteroatoms. The van der Waals surface area contributed by atoms with Crippen molar-refractivity contribution in [1.82, 2.24) is 0 Å². The van der Waals surface area contributed by atoms with Gasteiger partial charge in [0.2, 0.25) is 0 Å². The maximum Gasteiger partial charge on any atom is 0.328 e. The first kappa shape index (κ1) is 14.1. The van der Waals surface area contributed by atoms with Crippen molar-refractivity contribution in [2.24, 2.45) is 0 Å². The summed E-state index contributed by atoms with van der Waals surface area (Å²) in [5, 5.41) is 8.62. The topological polar surface area (TPSA) is 54.4 Å². The summed E-state index contributed by atoms with van der Waals surface area (Å²) in [6, 6.07) is 5.38. The number of aliphatic carboxylic acids is 1. The molecule has 1 atom stereocenters. The predicted octanol–water partition coefficient (Wildman–Crippen LogP) is 3.57. The Morgan fingerprint density at radius 2 is 2.06 bits per heavy atom. The van der Waals surface area contributed by atoms with E-state index in [9.17, 15) is 9.59 Å². The molecule has 0 amide bonds. The number of rotatable bonds is 4. The van der Waals surface area contributed by atoms with E-state index in [0.717, 1.165) is 16.1 Å². The number of benzene rings is 1. The smallest absolute Gasteiger partial charge is 0.328 e. The number of hydrogen-bond donors (Lipinski definition) is 1. The minimum Gasteiger partial charge on any atom is -0.478 e. The van der Waals surface area contributed by atoms with Crippen LogP contribution in [0.4, 0.5) is 0 Å². The van der Waals surface area contributed by atoms with Crippen LogP contribution in [0.5, 0.6) is 0 Å². The number of ketones is 1. The van der Waals surface area contributed by atoms with Gasteiger partial charge in [-0.2, -0.15) is 0 Å². The molecule has 0 aliphatic rings. The second kappa shape index (κ2) is 6.12. The number of hydrogen-bond acceptors (Lipinski definition) is 2. The second-order valence-electron chi connectivity index (χ2n) is 3.39. The fourth-order valence-corrected chi connectivity index (χ4v) is 2.24. The zero-order chi connectivity index (χ0) is 13.0. The first-order valence-corrected chi connectivity index (χ1v) is 6.48. The van der Waals surface area contributed by atoms with E-state index in [-0.39, 0.29) is 5.78 Å². The van der Waals surface area contributed by atoms with Gasteiger partial charge in [-0.15, -0.1) is 0 Å². The van der Waals surface area contributed by atoms with E-state index in [2.05, 4.69) is 31.9 Å². The van der Waals surface area contributed by atoms with Crippen LogP contribution in [-0.4, -0.2) is 16.9 Å². The molecule has 0 radical (unpaired) electrons. The third-order valence-corrected chi connectivity index (χ3v) is 3.94. The van der Waals surface area contributed by atoms with Crippen molar-refractivity contribution in [3.63, 3.8) is 0 Å². The molecule has 1 N–H and O–H groups in total. The number of halogens is 2. The van der Waals surface area contributed by atoms with Crippen LogP contribution in [0.25, 0.3) is 6.08 Å². The summed E-state index contributed by atoms with van der Waals surface area (Å²) < 4.78 is 0.748. The molecule has 0 saturated carbocycles. The molecule has 0 saturated heterocycles. The van der Waals surface area contributed by atoms with E-state index in [1.165, 1.54) is 13.0 Å². The molecule has 1 rings (SSSR count). The first-order chi connectivity index (χ1) is 7.93. The van der Waals surface area contributed by atoms with Gasteiger partial charge in [-0.1, -0.05) is 44.0 Å². The summed E-state index contributed by atoms with van der Waals surface area (Å²) in [6.45, 7) is 1.48. The predicted molar refractivity (Wildman–Crippen MR) is 73.2 cm³/mol. The Hall–Kier alpha value is -0.940. The van der Waals surface area contributed by atoms with Gasteiger partial charge in [0, 0.05) is 10.5 Å². The van der Waals surface area contributed by atoms with E-state index >= 15 is 0 Å². The van der Waals surface area contributed by atoms with Gasteiger partial charge in [-0.3, -0.25) is 4.79 Å². The highest BCUT2D eigenvalue weighted by molar-refractivity contribution is 9.10. The Bertz CT molecular complexity index is 481. The SMILES string of the molecule is CC(=O)C(Br)c1cccc(Br)c1/C=C/C(=O)O. The van der Waals surface area contributed by atoms with Crippen LogP contribution in [0.2, 0.25) is 0 Å². The van der Waals surface area contributed by atoms with Gasteiger partial charge in [-0.05, 0) is 30.2 Å². The molecule has 1 aromatic carbocycles. The van der Waals surface area contributed by atoms with Crippen molar-refractivity contribution in [3.8, 4) is 0 Å². The molecule has 90 valence electrons. The van der Waals surface area contributed by atoms with E-state index in [0.29, 0.717) is 5.56 Å². The molecule has 0 spiro atoms. The normalized spacial score (nSPS) is 12.6. The zero-order valence-corrected chi connectivity index (χ0v) is 12.2. The Morgan fingerprint density at radius 1 is 1.41 bits per heavy atom. The number of alkyl halides is 1. The summed E-state index contributed by atoms with van der Waals surface area (Å²) in [5.74, 6) is -1.06. The molecule has 0 aromatic heterocycles. The lowest BCUT2D eigenvalue weighted by molar-refractivity contribution is -0.131. The van der Waals surface area contributed by atoms with Gasteiger partial charge in [0.15, 0.2) is 0 Å². The Labute approximate surface area is 116 Å². The van der Waals surface area contributed by atoms with E-state index in [4.69, 9.17) is 5.11 Å². The van der Waals surface area contributed by atoms with Crippen molar-refractivity contribution < 1.29 is 14.7 Å². The van der Waals surface area contributed by atoms with E-state index in [1.54, 1.807) is 18.2 Å². The lowest BCUT2D eigenvalue weighted by Crippen LogP contribution is -2.03. The molecule has 1 unspecified atom stereocenters. The van der Waals surface area contributed by atoms with Crippen LogP contribution in [0.3, 0.4) is 0 Å². The highest BCUT2D eigenvalue weighted by Gasteiger charge is 2.16. The summed E-state index contributed by atoms with van der Waals surface area (Å²) in [4.78, 5) is 21.4. The van der Waals surface area contributed by atoms with Crippen LogP contribution in [0.1, 0.15) is 22.9 Å². The molecule has 0 bridgehead atoms. The van der Waals surface area contributed by atoms with Gasteiger partial charge in [0.25, 0.3) is 0 Å². The highest BCUT2D eigenvalue weighted by atomic mass is 79.9. The summed E-state index contributed by atoms with van der Waals surface area (Å²) in [7, 11) is 0. The van der Waals surface area contributed by atoms with Crippen LogP contribution >= 0.6 is 31.9 Å². The van der Waals surface area contributed by atoms with E-state index in [1.807, 2.05) is 0 Å². The molecular weight excluding hydrogens is 352 g/mol. The third kappa shape index (κ3) is 3.78. The van der Waals surface area contributed by atoms with Crippen LogP contribution in [-0.2, 0) is 9.59 Å². The molecule has 0 fully saturated rings. The molecular formula is C12H10Br2O3. The minimum absolute atomic E-state index is 0.0342. The lowest BCUT2D eigenvalue weighted by atomic mass is 10.0. The molecule has 0 heterocycles. The number of carbonyl (C=O) groups excluding carboxylic acids is 1. The number of carboxylic acid groups (broad SMARTS) is 1. The highest BCUT2D eigenvalue weighted by Crippen LogP contribution is 2.32. The van der Waals surface area contributed by atoms with Crippen molar-refractivity contribution >= 4 is 49.7 Å². The Kier molecular flexibility index (Phi) is 5.08. The largest absolute Gasteiger partial charge is 0.478 e. The quantitative estimate of drug-likeness (QED) is 0.658. The van der Waals surface area contributed by atoms with Crippen LogP contribution in [0.15, 0.2) is 28.7 Å². The second-order valence-corrected chi connectivity index (χ2v) is 5.16. The van der Waals surface area contributed by atoms with Crippen LogP contribution in [0, 0.1) is 0 Å². The number of carboxylic acids is 1. The summed E-state index contributed by atoms with van der Waals surface area (Å²) in [6.07, 6.45) is 2.52. The van der Waals surface area contributed by atoms with Crippen molar-refractivity contribution in [2.45, 2.75) is 11.8 Å². The van der Waals surface area contributed by atoms with Crippen molar-refractivity contribution in [3.05, 3.63) is 39.9 Å². The molecule has 0 aliphatic heterocycles. The number of carbonyl (C=O) groups is 2. The van der Waals surface area contributed by atoms with Gasteiger partial charge in [-0.25, -0.2) is 4.79 Å². The Morgan fingerprint density at radius 3 is 2.59 bits per heavy atom. The molecule has 17 heavy (non-hydrogen) atoms. The van der Waals surface area contributed by atoms with Crippen molar-refractivity contribution in [1.29, 1.82) is 0 Å². The number of Topliss-reactive ketones (excluding diaryl/α,β-unsaturated/α-hetero) is 1. The van der Waals surface area contributed by atoms with Gasteiger partial charge >= 0.3 is 5.97 Å². The first-order valence-electron chi connectivity index (χ1n) is 4.77. The van der Waals surface area contributed by atoms with Gasteiger partial charge in [0.05, 0.1) is 4.83 Å². The van der Waals surface area contributed by atoms with Gasteiger partial charge in [0.1, 0.15) is 5.78 Å². The maximum absolute atomic E-state index is 11.3. The monoisotopic (exact) mass is 360 g/mol. The Balaban J connectivity index is 3.26. The standard InChI is InChI=1S/C12H10Br2O3/c1-7(15)12(14)9-3-2-4-10(13)8(9)5-6-11(16)17/h2-6,12H,1H3,(H,16,17)/b6-5+. The average Bonchev–Trinajstić information content (AvgIpc) is 2.25.